The van der Waals surface area contributed by atoms with Gasteiger partial charge in [0.1, 0.15) is 0 Å². The summed E-state index contributed by atoms with van der Waals surface area (Å²) in [6.45, 7) is 9.65. The molecule has 0 fully saturated rings. The molecular formula is C22H29N5O2S. The van der Waals surface area contributed by atoms with Gasteiger partial charge in [0.15, 0.2) is 16.8 Å². The van der Waals surface area contributed by atoms with Crippen molar-refractivity contribution >= 4 is 17.5 Å². The third-order valence-corrected chi connectivity index (χ3v) is 6.04. The fraction of sp³-hybridized carbons (Fsp3) is 0.455. The lowest BCUT2D eigenvalue weighted by Crippen LogP contribution is -2.15. The van der Waals surface area contributed by atoms with Crippen LogP contribution in [0.2, 0.25) is 0 Å². The molecule has 1 atom stereocenters. The molecule has 8 heteroatoms. The minimum atomic E-state index is 0.0977. The number of Topliss-reactive ketones (excluding diaryl/α,β-unsaturated/α-hetero) is 1. The van der Waals surface area contributed by atoms with Gasteiger partial charge in [-0.1, -0.05) is 18.7 Å². The Kier molecular flexibility index (Phi) is 7.44. The number of methoxy groups -OCH3 is 1. The third-order valence-electron chi connectivity index (χ3n) is 5.07. The maximum Gasteiger partial charge on any atom is 0.191 e. The largest absolute Gasteiger partial charge is 0.383 e. The average Bonchev–Trinajstić information content (AvgIpc) is 3.27. The van der Waals surface area contributed by atoms with Gasteiger partial charge in [0.05, 0.1) is 18.4 Å². The maximum atomic E-state index is 13.0. The molecule has 0 bridgehead atoms. The van der Waals surface area contributed by atoms with Crippen molar-refractivity contribution < 1.29 is 9.53 Å². The van der Waals surface area contributed by atoms with Crippen molar-refractivity contribution in [3.63, 3.8) is 0 Å². The van der Waals surface area contributed by atoms with E-state index in [2.05, 4.69) is 38.2 Å². The minimum Gasteiger partial charge on any atom is -0.383 e. The van der Waals surface area contributed by atoms with Crippen LogP contribution in [0.15, 0.2) is 35.7 Å². The lowest BCUT2D eigenvalue weighted by molar-refractivity contribution is 0.102. The number of hydrogen-bond donors (Lipinski definition) is 0. The van der Waals surface area contributed by atoms with Crippen LogP contribution in [-0.4, -0.2) is 49.6 Å². The number of ether oxygens (including phenoxy) is 1. The first-order valence-electron chi connectivity index (χ1n) is 10.1. The molecule has 0 aliphatic heterocycles. The number of aromatic nitrogens is 5. The van der Waals surface area contributed by atoms with Gasteiger partial charge in [-0.2, -0.15) is 0 Å². The first kappa shape index (κ1) is 22.2. The highest BCUT2D eigenvalue weighted by molar-refractivity contribution is 7.99. The molecule has 0 saturated heterocycles. The second-order valence-electron chi connectivity index (χ2n) is 7.36. The van der Waals surface area contributed by atoms with E-state index in [1.165, 1.54) is 11.8 Å². The first-order chi connectivity index (χ1) is 14.5. The maximum absolute atomic E-state index is 13.0. The molecule has 3 aromatic heterocycles. The Morgan fingerprint density at radius 3 is 2.63 bits per heavy atom. The standard InChI is InChI=1S/C22H29N5O2S/c1-6-11-26-21(18-7-9-23-10-8-18)24-25-22(26)30-14-20(28)19-12-15(2)27(17(19)4)16(3)13-29-5/h7-10,12,16H,6,11,13-14H2,1-5H3. The quantitative estimate of drug-likeness (QED) is 0.354. The van der Waals surface area contributed by atoms with E-state index < -0.39 is 0 Å². The fourth-order valence-corrected chi connectivity index (χ4v) is 4.64. The van der Waals surface area contributed by atoms with E-state index in [-0.39, 0.29) is 11.8 Å². The van der Waals surface area contributed by atoms with Gasteiger partial charge < -0.3 is 13.9 Å². The van der Waals surface area contributed by atoms with E-state index in [4.69, 9.17) is 4.74 Å². The second kappa shape index (κ2) is 10.0. The molecule has 7 nitrogen and oxygen atoms in total. The summed E-state index contributed by atoms with van der Waals surface area (Å²) >= 11 is 1.44. The molecule has 30 heavy (non-hydrogen) atoms. The molecular weight excluding hydrogens is 398 g/mol. The van der Waals surface area contributed by atoms with Crippen LogP contribution in [-0.2, 0) is 11.3 Å². The number of pyridine rings is 1. The predicted molar refractivity (Wildman–Crippen MR) is 119 cm³/mol. The van der Waals surface area contributed by atoms with Crippen LogP contribution in [0, 0.1) is 13.8 Å². The van der Waals surface area contributed by atoms with E-state index in [0.717, 1.165) is 46.5 Å². The summed E-state index contributed by atoms with van der Waals surface area (Å²) in [5.74, 6) is 1.22. The fourth-order valence-electron chi connectivity index (χ4n) is 3.80. The van der Waals surface area contributed by atoms with Crippen molar-refractivity contribution in [3.8, 4) is 11.4 Å². The van der Waals surface area contributed by atoms with Crippen molar-refractivity contribution in [3.05, 3.63) is 47.5 Å². The van der Waals surface area contributed by atoms with Crippen molar-refractivity contribution in [2.24, 2.45) is 0 Å². The smallest absolute Gasteiger partial charge is 0.191 e. The van der Waals surface area contributed by atoms with Crippen molar-refractivity contribution in [1.29, 1.82) is 0 Å². The number of carbonyl (C=O) groups is 1. The normalized spacial score (nSPS) is 12.3. The molecule has 0 amide bonds. The van der Waals surface area contributed by atoms with E-state index in [1.807, 2.05) is 32.0 Å². The summed E-state index contributed by atoms with van der Waals surface area (Å²) in [4.78, 5) is 17.1. The number of aryl methyl sites for hydroxylation is 1. The Labute approximate surface area is 181 Å². The Hall–Kier alpha value is -2.45. The summed E-state index contributed by atoms with van der Waals surface area (Å²) in [5.41, 5.74) is 3.79. The van der Waals surface area contributed by atoms with Crippen LogP contribution >= 0.6 is 11.8 Å². The highest BCUT2D eigenvalue weighted by Crippen LogP contribution is 2.26. The van der Waals surface area contributed by atoms with Crippen LogP contribution < -0.4 is 0 Å². The molecule has 1 unspecified atom stereocenters. The summed E-state index contributed by atoms with van der Waals surface area (Å²) < 4.78 is 9.54. The monoisotopic (exact) mass is 427 g/mol. The third kappa shape index (κ3) is 4.65. The lowest BCUT2D eigenvalue weighted by atomic mass is 10.2. The van der Waals surface area contributed by atoms with Crippen LogP contribution in [0.1, 0.15) is 48.1 Å². The zero-order valence-electron chi connectivity index (χ0n) is 18.3. The van der Waals surface area contributed by atoms with E-state index >= 15 is 0 Å². The molecule has 0 aromatic carbocycles. The molecule has 3 heterocycles. The van der Waals surface area contributed by atoms with Gasteiger partial charge in [-0.25, -0.2) is 0 Å². The Morgan fingerprint density at radius 2 is 1.97 bits per heavy atom. The molecule has 0 spiro atoms. The molecule has 0 radical (unpaired) electrons. The number of rotatable bonds is 10. The van der Waals surface area contributed by atoms with Crippen molar-refractivity contribution in [2.75, 3.05) is 19.5 Å². The molecule has 0 aliphatic carbocycles. The highest BCUT2D eigenvalue weighted by atomic mass is 32.2. The molecule has 0 saturated carbocycles. The lowest BCUT2D eigenvalue weighted by Gasteiger charge is -2.17. The van der Waals surface area contributed by atoms with Gasteiger partial charge in [-0.15, -0.1) is 10.2 Å². The SMILES string of the molecule is CCCn1c(SCC(=O)c2cc(C)n(C(C)COC)c2C)nnc1-c1ccncc1. The van der Waals surface area contributed by atoms with Gasteiger partial charge in [-0.3, -0.25) is 9.78 Å². The summed E-state index contributed by atoms with van der Waals surface area (Å²) in [7, 11) is 1.69. The van der Waals surface area contributed by atoms with Gasteiger partial charge in [0, 0.05) is 48.6 Å². The predicted octanol–water partition coefficient (Wildman–Crippen LogP) is 4.35. The van der Waals surface area contributed by atoms with Crippen molar-refractivity contribution in [1.82, 2.24) is 24.3 Å². The Morgan fingerprint density at radius 1 is 1.23 bits per heavy atom. The highest BCUT2D eigenvalue weighted by Gasteiger charge is 2.20. The second-order valence-corrected chi connectivity index (χ2v) is 8.31. The van der Waals surface area contributed by atoms with Gasteiger partial charge in [0.25, 0.3) is 0 Å². The number of hydrogen-bond acceptors (Lipinski definition) is 6. The number of nitrogens with zero attached hydrogens (tertiary/aromatic N) is 5. The van der Waals surface area contributed by atoms with Crippen LogP contribution in [0.25, 0.3) is 11.4 Å². The van der Waals surface area contributed by atoms with Gasteiger partial charge in [0.2, 0.25) is 0 Å². The number of thioether (sulfide) groups is 1. The van der Waals surface area contributed by atoms with E-state index in [9.17, 15) is 4.79 Å². The number of ketones is 1. The molecule has 3 aromatic rings. The van der Waals surface area contributed by atoms with Gasteiger partial charge >= 0.3 is 0 Å². The molecule has 3 rings (SSSR count). The first-order valence-corrected chi connectivity index (χ1v) is 11.1. The topological polar surface area (TPSA) is 74.8 Å². The zero-order chi connectivity index (χ0) is 21.7. The van der Waals surface area contributed by atoms with E-state index in [1.54, 1.807) is 19.5 Å². The van der Waals surface area contributed by atoms with Crippen molar-refractivity contribution in [2.45, 2.75) is 51.9 Å². The van der Waals surface area contributed by atoms with E-state index in [0.29, 0.717) is 12.4 Å². The van der Waals surface area contributed by atoms with Gasteiger partial charge in [-0.05, 0) is 45.4 Å². The molecule has 160 valence electrons. The zero-order valence-corrected chi connectivity index (χ0v) is 19.1. The average molecular weight is 428 g/mol. The summed E-state index contributed by atoms with van der Waals surface area (Å²) in [6, 6.07) is 6.00. The van der Waals surface area contributed by atoms with Crippen LogP contribution in [0.4, 0.5) is 0 Å². The summed E-state index contributed by atoms with van der Waals surface area (Å²) in [5, 5.41) is 9.49. The minimum absolute atomic E-state index is 0.0977. The van der Waals surface area contributed by atoms with Crippen LogP contribution in [0.3, 0.4) is 0 Å². The molecule has 0 N–H and O–H groups in total. The molecule has 0 aliphatic rings. The van der Waals surface area contributed by atoms with Crippen LogP contribution in [0.5, 0.6) is 0 Å². The summed E-state index contributed by atoms with van der Waals surface area (Å²) in [6.07, 6.45) is 4.45. The Balaban J connectivity index is 1.79. The Bertz CT molecular complexity index is 997. The number of carbonyl (C=O) groups excluding carboxylic acids is 1.